The van der Waals surface area contributed by atoms with Gasteiger partial charge in [0.25, 0.3) is 0 Å². The molecule has 22 heavy (non-hydrogen) atoms. The van der Waals surface area contributed by atoms with Gasteiger partial charge < -0.3 is 15.2 Å². The summed E-state index contributed by atoms with van der Waals surface area (Å²) < 4.78 is 53.1. The smallest absolute Gasteiger partial charge is 0.362 e. The largest absolute Gasteiger partial charge is 0.451 e. The predicted octanol–water partition coefficient (Wildman–Crippen LogP) is 1.91. The van der Waals surface area contributed by atoms with Crippen LogP contribution < -0.4 is 10.6 Å². The van der Waals surface area contributed by atoms with Crippen molar-refractivity contribution in [3.63, 3.8) is 0 Å². The number of aromatic nitrogens is 3. The zero-order valence-electron chi connectivity index (χ0n) is 11.4. The molecule has 9 heteroatoms. The van der Waals surface area contributed by atoms with Crippen LogP contribution in [-0.2, 0) is 25.8 Å². The van der Waals surface area contributed by atoms with Gasteiger partial charge in [-0.05, 0) is 12.1 Å². The fourth-order valence-corrected chi connectivity index (χ4v) is 2.49. The first-order valence-electron chi connectivity index (χ1n) is 6.63. The normalized spacial score (nSPS) is 15.0. The summed E-state index contributed by atoms with van der Waals surface area (Å²) in [5.74, 6) is -1.21. The minimum atomic E-state index is -4.53. The average molecular weight is 315 g/mol. The van der Waals surface area contributed by atoms with Crippen LogP contribution in [0.4, 0.5) is 23.2 Å². The molecule has 0 spiro atoms. The fourth-order valence-electron chi connectivity index (χ4n) is 2.49. The zero-order chi connectivity index (χ0) is 15.9. The van der Waals surface area contributed by atoms with Gasteiger partial charge in [0.15, 0.2) is 5.82 Å². The Bertz CT molecular complexity index is 694. The van der Waals surface area contributed by atoms with Crippen LogP contribution in [0.1, 0.15) is 17.2 Å². The Morgan fingerprint density at radius 1 is 1.18 bits per heavy atom. The molecule has 2 aromatic rings. The van der Waals surface area contributed by atoms with Gasteiger partial charge in [0.2, 0.25) is 5.82 Å². The quantitative estimate of drug-likeness (QED) is 0.860. The van der Waals surface area contributed by atoms with Crippen LogP contribution in [-0.4, -0.2) is 21.3 Å². The molecule has 2 N–H and O–H groups in total. The minimum absolute atomic E-state index is 0.0926. The molecule has 0 atom stereocenters. The topological polar surface area (TPSA) is 60.0 Å². The lowest BCUT2D eigenvalue weighted by Gasteiger charge is -2.30. The molecular formula is C13H13F4N5. The Morgan fingerprint density at radius 2 is 1.95 bits per heavy atom. The van der Waals surface area contributed by atoms with E-state index in [0.29, 0.717) is 17.8 Å². The molecule has 2 heterocycles. The van der Waals surface area contributed by atoms with Crippen molar-refractivity contribution >= 4 is 5.69 Å². The third-order valence-corrected chi connectivity index (χ3v) is 3.63. The number of anilines is 1. The van der Waals surface area contributed by atoms with Crippen LogP contribution in [0.2, 0.25) is 0 Å². The molecule has 0 saturated heterocycles. The molecule has 118 valence electrons. The van der Waals surface area contributed by atoms with Crippen molar-refractivity contribution in [2.45, 2.75) is 25.8 Å². The Labute approximate surface area is 123 Å². The van der Waals surface area contributed by atoms with Crippen LogP contribution in [0.15, 0.2) is 18.2 Å². The number of alkyl halides is 3. The van der Waals surface area contributed by atoms with Crippen molar-refractivity contribution in [1.29, 1.82) is 0 Å². The van der Waals surface area contributed by atoms with Crippen LogP contribution >= 0.6 is 0 Å². The highest BCUT2D eigenvalue weighted by Gasteiger charge is 2.39. The lowest BCUT2D eigenvalue weighted by molar-refractivity contribution is -0.147. The molecule has 0 unspecified atom stereocenters. The third-order valence-electron chi connectivity index (χ3n) is 3.63. The van der Waals surface area contributed by atoms with E-state index in [-0.39, 0.29) is 25.5 Å². The SMILES string of the molecule is NCc1ccc(N2CCn3c(nnc3C(F)(F)F)C2)cc1F. The highest BCUT2D eigenvalue weighted by molar-refractivity contribution is 5.48. The van der Waals surface area contributed by atoms with E-state index in [9.17, 15) is 17.6 Å². The maximum atomic E-state index is 13.8. The Kier molecular flexibility index (Phi) is 3.51. The number of benzene rings is 1. The van der Waals surface area contributed by atoms with Crippen molar-refractivity contribution in [2.24, 2.45) is 5.73 Å². The van der Waals surface area contributed by atoms with Crippen LogP contribution in [0.3, 0.4) is 0 Å². The molecule has 1 aliphatic heterocycles. The van der Waals surface area contributed by atoms with Gasteiger partial charge in [-0.2, -0.15) is 13.2 Å². The van der Waals surface area contributed by atoms with Gasteiger partial charge >= 0.3 is 6.18 Å². The predicted molar refractivity (Wildman–Crippen MR) is 70.4 cm³/mol. The number of halogens is 4. The maximum Gasteiger partial charge on any atom is 0.451 e. The lowest BCUT2D eigenvalue weighted by Crippen LogP contribution is -2.35. The van der Waals surface area contributed by atoms with Gasteiger partial charge in [-0.15, -0.1) is 10.2 Å². The molecule has 0 radical (unpaired) electrons. The summed E-state index contributed by atoms with van der Waals surface area (Å²) in [5, 5.41) is 6.81. The Morgan fingerprint density at radius 3 is 2.59 bits per heavy atom. The zero-order valence-corrected chi connectivity index (χ0v) is 11.4. The molecule has 1 aliphatic rings. The van der Waals surface area contributed by atoms with Gasteiger partial charge in [0.1, 0.15) is 5.82 Å². The van der Waals surface area contributed by atoms with Gasteiger partial charge in [-0.3, -0.25) is 0 Å². The summed E-state index contributed by atoms with van der Waals surface area (Å²) in [7, 11) is 0. The van der Waals surface area contributed by atoms with E-state index in [4.69, 9.17) is 5.73 Å². The van der Waals surface area contributed by atoms with Crippen molar-refractivity contribution in [2.75, 3.05) is 11.4 Å². The summed E-state index contributed by atoms with van der Waals surface area (Å²) in [6.07, 6.45) is -4.53. The second-order valence-electron chi connectivity index (χ2n) is 4.99. The third kappa shape index (κ3) is 2.52. The van der Waals surface area contributed by atoms with Crippen molar-refractivity contribution < 1.29 is 17.6 Å². The van der Waals surface area contributed by atoms with Gasteiger partial charge in [-0.1, -0.05) is 6.07 Å². The van der Waals surface area contributed by atoms with E-state index in [2.05, 4.69) is 10.2 Å². The van der Waals surface area contributed by atoms with Crippen LogP contribution in [0.25, 0.3) is 0 Å². The molecule has 0 saturated carbocycles. The van der Waals surface area contributed by atoms with E-state index >= 15 is 0 Å². The van der Waals surface area contributed by atoms with Crippen molar-refractivity contribution in [1.82, 2.24) is 14.8 Å². The highest BCUT2D eigenvalue weighted by atomic mass is 19.4. The van der Waals surface area contributed by atoms with Crippen molar-refractivity contribution in [3.05, 3.63) is 41.2 Å². The van der Waals surface area contributed by atoms with E-state index in [1.165, 1.54) is 6.07 Å². The second-order valence-corrected chi connectivity index (χ2v) is 4.99. The standard InChI is InChI=1S/C13H13F4N5/c14-10-5-9(2-1-8(10)6-18)21-3-4-22-11(7-21)19-20-12(22)13(15,16)17/h1-2,5H,3-4,6-7,18H2. The molecule has 3 rings (SSSR count). The molecule has 0 amide bonds. The first-order valence-corrected chi connectivity index (χ1v) is 6.63. The van der Waals surface area contributed by atoms with Crippen LogP contribution in [0, 0.1) is 5.82 Å². The Hall–Kier alpha value is -2.16. The first-order chi connectivity index (χ1) is 10.4. The molecule has 1 aromatic carbocycles. The number of hydrogen-bond acceptors (Lipinski definition) is 4. The second kappa shape index (κ2) is 5.24. The molecule has 0 bridgehead atoms. The summed E-state index contributed by atoms with van der Waals surface area (Å²) in [4.78, 5) is 1.76. The number of rotatable bonds is 2. The first kappa shape index (κ1) is 14.8. The fraction of sp³-hybridized carbons (Fsp3) is 0.385. The summed E-state index contributed by atoms with van der Waals surface area (Å²) in [6, 6.07) is 4.60. The molecule has 0 aliphatic carbocycles. The summed E-state index contributed by atoms with van der Waals surface area (Å²) in [6.45, 7) is 0.646. The summed E-state index contributed by atoms with van der Waals surface area (Å²) in [5.41, 5.74) is 6.38. The van der Waals surface area contributed by atoms with Gasteiger partial charge in [0, 0.05) is 30.9 Å². The van der Waals surface area contributed by atoms with E-state index in [1.54, 1.807) is 17.0 Å². The van der Waals surface area contributed by atoms with E-state index in [0.717, 1.165) is 4.57 Å². The average Bonchev–Trinajstić information content (AvgIpc) is 2.90. The molecule has 1 aromatic heterocycles. The highest BCUT2D eigenvalue weighted by Crippen LogP contribution is 2.30. The maximum absolute atomic E-state index is 13.8. The van der Waals surface area contributed by atoms with E-state index in [1.807, 2.05) is 0 Å². The molecular weight excluding hydrogens is 302 g/mol. The minimum Gasteiger partial charge on any atom is -0.362 e. The summed E-state index contributed by atoms with van der Waals surface area (Å²) >= 11 is 0. The number of hydrogen-bond donors (Lipinski definition) is 1. The van der Waals surface area contributed by atoms with Crippen molar-refractivity contribution in [3.8, 4) is 0 Å². The number of nitrogens with two attached hydrogens (primary N) is 1. The van der Waals surface area contributed by atoms with Gasteiger partial charge in [-0.25, -0.2) is 4.39 Å². The lowest BCUT2D eigenvalue weighted by atomic mass is 10.1. The number of fused-ring (bicyclic) bond motifs is 1. The molecule has 0 fully saturated rings. The van der Waals surface area contributed by atoms with Crippen LogP contribution in [0.5, 0.6) is 0 Å². The molecule has 5 nitrogen and oxygen atoms in total. The van der Waals surface area contributed by atoms with E-state index < -0.39 is 17.8 Å². The Balaban J connectivity index is 1.86. The number of nitrogens with zero attached hydrogens (tertiary/aromatic N) is 4. The monoisotopic (exact) mass is 315 g/mol. The van der Waals surface area contributed by atoms with Gasteiger partial charge in [0.05, 0.1) is 6.54 Å².